The van der Waals surface area contributed by atoms with Gasteiger partial charge in [-0.05, 0) is 18.2 Å². The molecule has 1 aromatic carbocycles. The number of benzene rings is 1. The minimum atomic E-state index is 0.241. The maximum atomic E-state index is 5.34. The molecule has 0 unspecified atom stereocenters. The van der Waals surface area contributed by atoms with Gasteiger partial charge in [-0.25, -0.2) is 4.98 Å². The number of ether oxygens (including phenoxy) is 2. The van der Waals surface area contributed by atoms with Crippen LogP contribution in [0.4, 0.5) is 0 Å². The van der Waals surface area contributed by atoms with E-state index in [-0.39, 0.29) is 6.79 Å². The molecule has 0 fully saturated rings. The van der Waals surface area contributed by atoms with E-state index in [1.807, 2.05) is 29.8 Å². The van der Waals surface area contributed by atoms with E-state index >= 15 is 0 Å². The zero-order chi connectivity index (χ0) is 13.5. The summed E-state index contributed by atoms with van der Waals surface area (Å²) < 4.78 is 17.7. The lowest BCUT2D eigenvalue weighted by Gasteiger charge is -1.97. The highest BCUT2D eigenvalue weighted by molar-refractivity contribution is 5.62. The Kier molecular flexibility index (Phi) is 2.26. The summed E-state index contributed by atoms with van der Waals surface area (Å²) in [5.74, 6) is 2.34. The first-order valence-corrected chi connectivity index (χ1v) is 6.02. The molecule has 0 N–H and O–H groups in total. The van der Waals surface area contributed by atoms with E-state index in [4.69, 9.17) is 14.0 Å². The van der Waals surface area contributed by atoms with Crippen LogP contribution in [0.2, 0.25) is 0 Å². The fourth-order valence-electron chi connectivity index (χ4n) is 2.04. The van der Waals surface area contributed by atoms with Crippen molar-refractivity contribution < 1.29 is 14.0 Å². The summed E-state index contributed by atoms with van der Waals surface area (Å²) >= 11 is 0. The molecule has 0 bridgehead atoms. The van der Waals surface area contributed by atoms with Crippen LogP contribution in [0.1, 0.15) is 0 Å². The molecular formula is C13H10N4O3. The summed E-state index contributed by atoms with van der Waals surface area (Å²) in [5.41, 5.74) is 1.58. The maximum Gasteiger partial charge on any atom is 0.276 e. The first-order chi connectivity index (χ1) is 9.81. The summed E-state index contributed by atoms with van der Waals surface area (Å²) in [6.45, 7) is 0.241. The number of hydrogen-bond acceptors (Lipinski definition) is 6. The molecule has 3 heterocycles. The minimum absolute atomic E-state index is 0.241. The SMILES string of the molecule is Cn1cncc1-c1nc(-c2ccc3c(c2)OCO3)no1. The quantitative estimate of drug-likeness (QED) is 0.707. The lowest BCUT2D eigenvalue weighted by molar-refractivity contribution is 0.174. The Balaban J connectivity index is 1.73. The van der Waals surface area contributed by atoms with Crippen molar-refractivity contribution in [2.45, 2.75) is 0 Å². The summed E-state index contributed by atoms with van der Waals surface area (Å²) in [4.78, 5) is 8.40. The van der Waals surface area contributed by atoms with E-state index < -0.39 is 0 Å². The van der Waals surface area contributed by atoms with Crippen molar-refractivity contribution in [1.29, 1.82) is 0 Å². The number of fused-ring (bicyclic) bond motifs is 1. The van der Waals surface area contributed by atoms with Crippen molar-refractivity contribution >= 4 is 0 Å². The predicted octanol–water partition coefficient (Wildman–Crippen LogP) is 1.87. The molecule has 2 aromatic heterocycles. The highest BCUT2D eigenvalue weighted by atomic mass is 16.7. The summed E-state index contributed by atoms with van der Waals surface area (Å²) in [6, 6.07) is 5.53. The Hall–Kier alpha value is -2.83. The van der Waals surface area contributed by atoms with Crippen molar-refractivity contribution in [3.05, 3.63) is 30.7 Å². The Labute approximate surface area is 113 Å². The lowest BCUT2D eigenvalue weighted by atomic mass is 10.2. The maximum absolute atomic E-state index is 5.34. The van der Waals surface area contributed by atoms with Gasteiger partial charge in [-0.2, -0.15) is 4.98 Å². The van der Waals surface area contributed by atoms with Gasteiger partial charge in [0.15, 0.2) is 11.5 Å². The molecule has 7 nitrogen and oxygen atoms in total. The third kappa shape index (κ3) is 1.63. The van der Waals surface area contributed by atoms with Gasteiger partial charge in [0.25, 0.3) is 5.89 Å². The van der Waals surface area contributed by atoms with E-state index in [0.29, 0.717) is 17.5 Å². The summed E-state index contributed by atoms with van der Waals surface area (Å²) in [7, 11) is 1.87. The van der Waals surface area contributed by atoms with Gasteiger partial charge in [0, 0.05) is 12.6 Å². The van der Waals surface area contributed by atoms with Gasteiger partial charge in [-0.15, -0.1) is 0 Å². The number of nitrogens with zero attached hydrogens (tertiary/aromatic N) is 4. The van der Waals surface area contributed by atoms with Crippen LogP contribution in [-0.4, -0.2) is 26.5 Å². The van der Waals surface area contributed by atoms with Crippen LogP contribution < -0.4 is 9.47 Å². The van der Waals surface area contributed by atoms with Gasteiger partial charge in [0.2, 0.25) is 12.6 Å². The van der Waals surface area contributed by atoms with Crippen LogP contribution in [0, 0.1) is 0 Å². The normalized spacial score (nSPS) is 12.8. The second kappa shape index (κ2) is 4.09. The third-order valence-electron chi connectivity index (χ3n) is 3.09. The predicted molar refractivity (Wildman–Crippen MR) is 68.1 cm³/mol. The number of aryl methyl sites for hydroxylation is 1. The molecule has 3 aromatic rings. The van der Waals surface area contributed by atoms with E-state index in [9.17, 15) is 0 Å². The zero-order valence-electron chi connectivity index (χ0n) is 10.6. The third-order valence-corrected chi connectivity index (χ3v) is 3.09. The number of aromatic nitrogens is 4. The molecule has 1 aliphatic heterocycles. The van der Waals surface area contributed by atoms with Gasteiger partial charge in [-0.3, -0.25) is 0 Å². The van der Waals surface area contributed by atoms with Crippen LogP contribution in [0.3, 0.4) is 0 Å². The van der Waals surface area contributed by atoms with Crippen molar-refractivity contribution in [2.75, 3.05) is 6.79 Å². The minimum Gasteiger partial charge on any atom is -0.454 e. The Morgan fingerprint density at radius 1 is 1.20 bits per heavy atom. The zero-order valence-corrected chi connectivity index (χ0v) is 10.6. The van der Waals surface area contributed by atoms with Gasteiger partial charge < -0.3 is 18.6 Å². The van der Waals surface area contributed by atoms with Gasteiger partial charge in [0.05, 0.1) is 12.5 Å². The molecule has 20 heavy (non-hydrogen) atoms. The molecular weight excluding hydrogens is 260 g/mol. The van der Waals surface area contributed by atoms with E-state index in [1.165, 1.54) is 0 Å². The molecule has 0 saturated heterocycles. The number of hydrogen-bond donors (Lipinski definition) is 0. The second-order valence-electron chi connectivity index (χ2n) is 4.38. The first kappa shape index (κ1) is 11.0. The Bertz CT molecular complexity index is 778. The van der Waals surface area contributed by atoms with Gasteiger partial charge in [0.1, 0.15) is 5.69 Å². The number of imidazole rings is 1. The summed E-state index contributed by atoms with van der Waals surface area (Å²) in [6.07, 6.45) is 3.36. The average molecular weight is 270 g/mol. The molecule has 0 radical (unpaired) electrons. The molecule has 1 aliphatic rings. The van der Waals surface area contributed by atoms with Gasteiger partial charge in [-0.1, -0.05) is 5.16 Å². The van der Waals surface area contributed by atoms with Gasteiger partial charge >= 0.3 is 0 Å². The first-order valence-electron chi connectivity index (χ1n) is 6.02. The standard InChI is InChI=1S/C13H10N4O3/c1-17-6-14-5-9(17)13-15-12(16-20-13)8-2-3-10-11(4-8)19-7-18-10/h2-6H,7H2,1H3. The monoisotopic (exact) mass is 270 g/mol. The van der Waals surface area contributed by atoms with Crippen LogP contribution in [-0.2, 0) is 7.05 Å². The molecule has 0 spiro atoms. The van der Waals surface area contributed by atoms with E-state index in [2.05, 4.69) is 15.1 Å². The average Bonchev–Trinajstić information content (AvgIpc) is 3.17. The molecule has 100 valence electrons. The van der Waals surface area contributed by atoms with Crippen LogP contribution in [0.5, 0.6) is 11.5 Å². The van der Waals surface area contributed by atoms with E-state index in [0.717, 1.165) is 17.0 Å². The van der Waals surface area contributed by atoms with E-state index in [1.54, 1.807) is 12.5 Å². The highest BCUT2D eigenvalue weighted by Crippen LogP contribution is 2.35. The van der Waals surface area contributed by atoms with Crippen LogP contribution in [0.25, 0.3) is 23.0 Å². The fourth-order valence-corrected chi connectivity index (χ4v) is 2.04. The fraction of sp³-hybridized carbons (Fsp3) is 0.154. The molecule has 0 amide bonds. The van der Waals surface area contributed by atoms with Crippen molar-refractivity contribution in [1.82, 2.24) is 19.7 Å². The largest absolute Gasteiger partial charge is 0.454 e. The molecule has 4 rings (SSSR count). The molecule has 7 heteroatoms. The molecule has 0 saturated carbocycles. The van der Waals surface area contributed by atoms with Crippen molar-refractivity contribution in [2.24, 2.45) is 7.05 Å². The highest BCUT2D eigenvalue weighted by Gasteiger charge is 2.17. The topological polar surface area (TPSA) is 75.2 Å². The number of rotatable bonds is 2. The lowest BCUT2D eigenvalue weighted by Crippen LogP contribution is -1.92. The molecule has 0 atom stereocenters. The van der Waals surface area contributed by atoms with Crippen molar-refractivity contribution in [3.63, 3.8) is 0 Å². The van der Waals surface area contributed by atoms with Crippen LogP contribution >= 0.6 is 0 Å². The Morgan fingerprint density at radius 3 is 2.95 bits per heavy atom. The smallest absolute Gasteiger partial charge is 0.276 e. The Morgan fingerprint density at radius 2 is 2.10 bits per heavy atom. The second-order valence-corrected chi connectivity index (χ2v) is 4.38. The van der Waals surface area contributed by atoms with Crippen LogP contribution in [0.15, 0.2) is 35.2 Å². The molecule has 0 aliphatic carbocycles. The summed E-state index contributed by atoms with van der Waals surface area (Å²) in [5, 5.41) is 3.99. The van der Waals surface area contributed by atoms with Crippen molar-refractivity contribution in [3.8, 4) is 34.5 Å².